The topological polar surface area (TPSA) is 101 Å². The number of Topliss-reactive ketones (excluding diaryl/α,β-unsaturated/α-hetero) is 1. The van der Waals surface area contributed by atoms with Gasteiger partial charge in [0.05, 0.1) is 30.8 Å². The van der Waals surface area contributed by atoms with Gasteiger partial charge in [0.15, 0.2) is 0 Å². The maximum Gasteiger partial charge on any atom is 0.234 e. The van der Waals surface area contributed by atoms with Gasteiger partial charge in [-0.15, -0.1) is 0 Å². The van der Waals surface area contributed by atoms with Gasteiger partial charge in [0, 0.05) is 46.1 Å². The van der Waals surface area contributed by atoms with Gasteiger partial charge < -0.3 is 10.2 Å². The molecule has 0 bridgehead atoms. The van der Waals surface area contributed by atoms with E-state index >= 15 is 0 Å². The predicted molar refractivity (Wildman–Crippen MR) is 133 cm³/mol. The smallest absolute Gasteiger partial charge is 0.234 e. The van der Waals surface area contributed by atoms with E-state index in [9.17, 15) is 14.3 Å². The zero-order chi connectivity index (χ0) is 25.8. The molecule has 0 aliphatic heterocycles. The fourth-order valence-electron chi connectivity index (χ4n) is 3.08. The van der Waals surface area contributed by atoms with Gasteiger partial charge in [-0.05, 0) is 37.3 Å². The number of nitrogens with zero attached hydrogens (tertiary/aromatic N) is 4. The van der Waals surface area contributed by atoms with Crippen LogP contribution in [0.15, 0.2) is 61.2 Å². The Morgan fingerprint density at radius 1 is 1.03 bits per heavy atom. The van der Waals surface area contributed by atoms with E-state index in [-0.39, 0.29) is 24.8 Å². The maximum atomic E-state index is 14.3. The van der Waals surface area contributed by atoms with Crippen molar-refractivity contribution < 1.29 is 19.4 Å². The number of ketones is 1. The van der Waals surface area contributed by atoms with Crippen molar-refractivity contribution in [2.75, 3.05) is 13.2 Å². The van der Waals surface area contributed by atoms with E-state index in [1.54, 1.807) is 50.6 Å². The molecule has 0 saturated heterocycles. The lowest BCUT2D eigenvalue weighted by Gasteiger charge is -2.20. The SMILES string of the molecule is CC(=O)C(C)(C)CO.CC(C)(CO)c1ccn2c(-c3ccc(F)c(-c4cccnc4)c3)cnc2n1. The molecule has 0 fully saturated rings. The van der Waals surface area contributed by atoms with Gasteiger partial charge in [-0.25, -0.2) is 14.4 Å². The van der Waals surface area contributed by atoms with Crippen LogP contribution in [0.25, 0.3) is 28.2 Å². The third-order valence-corrected chi connectivity index (χ3v) is 6.05. The number of aromatic nitrogens is 4. The van der Waals surface area contributed by atoms with Gasteiger partial charge in [-0.1, -0.05) is 33.8 Å². The minimum absolute atomic E-state index is 0.00380. The van der Waals surface area contributed by atoms with Crippen LogP contribution in [0, 0.1) is 11.2 Å². The van der Waals surface area contributed by atoms with Crippen molar-refractivity contribution in [3.8, 4) is 22.4 Å². The number of rotatable bonds is 6. The summed E-state index contributed by atoms with van der Waals surface area (Å²) >= 11 is 0. The number of hydrogen-bond acceptors (Lipinski definition) is 6. The standard InChI is InChI=1S/C21H19FN4O.C6H12O2/c1-21(2,13-27)19-7-9-26-18(12-24-20(26)25-19)14-5-6-17(22)16(10-14)15-4-3-8-23-11-15;1-5(8)6(2,3)4-7/h3-12,27H,13H2,1-2H3;7H,4H2,1-3H3. The maximum absolute atomic E-state index is 14.3. The van der Waals surface area contributed by atoms with Crippen LogP contribution < -0.4 is 0 Å². The summed E-state index contributed by atoms with van der Waals surface area (Å²) in [6, 6.07) is 10.5. The fraction of sp³-hybridized carbons (Fsp3) is 0.333. The molecule has 3 aromatic heterocycles. The predicted octanol–water partition coefficient (Wildman–Crippen LogP) is 4.46. The van der Waals surface area contributed by atoms with Crippen molar-refractivity contribution in [1.82, 2.24) is 19.4 Å². The molecule has 1 aromatic carbocycles. The van der Waals surface area contributed by atoms with Crippen molar-refractivity contribution in [3.63, 3.8) is 0 Å². The minimum atomic E-state index is -0.542. The second-order valence-corrected chi connectivity index (χ2v) is 9.70. The van der Waals surface area contributed by atoms with Crippen LogP contribution >= 0.6 is 0 Å². The molecule has 7 nitrogen and oxygen atoms in total. The van der Waals surface area contributed by atoms with Crippen LogP contribution in [0.5, 0.6) is 0 Å². The first kappa shape index (κ1) is 26.1. The summed E-state index contributed by atoms with van der Waals surface area (Å²) in [6.45, 7) is 8.70. The highest BCUT2D eigenvalue weighted by Crippen LogP contribution is 2.29. The molecule has 0 spiro atoms. The molecule has 8 heteroatoms. The third-order valence-electron chi connectivity index (χ3n) is 6.05. The van der Waals surface area contributed by atoms with E-state index in [1.165, 1.54) is 13.0 Å². The monoisotopic (exact) mass is 478 g/mol. The van der Waals surface area contributed by atoms with Gasteiger partial charge >= 0.3 is 0 Å². The van der Waals surface area contributed by atoms with Gasteiger partial charge in [-0.3, -0.25) is 14.2 Å². The van der Waals surface area contributed by atoms with Crippen molar-refractivity contribution in [2.24, 2.45) is 5.41 Å². The first-order valence-electron chi connectivity index (χ1n) is 11.3. The van der Waals surface area contributed by atoms with Gasteiger partial charge in [-0.2, -0.15) is 0 Å². The van der Waals surface area contributed by atoms with Gasteiger partial charge in [0.1, 0.15) is 11.6 Å². The lowest BCUT2D eigenvalue weighted by atomic mass is 9.90. The van der Waals surface area contributed by atoms with E-state index in [0.717, 1.165) is 22.5 Å². The van der Waals surface area contributed by atoms with E-state index in [0.29, 0.717) is 11.3 Å². The van der Waals surface area contributed by atoms with Crippen molar-refractivity contribution in [3.05, 3.63) is 72.7 Å². The molecule has 2 N–H and O–H groups in total. The van der Waals surface area contributed by atoms with Crippen LogP contribution in [0.4, 0.5) is 4.39 Å². The Kier molecular flexibility index (Phi) is 7.77. The fourth-order valence-corrected chi connectivity index (χ4v) is 3.08. The average molecular weight is 479 g/mol. The zero-order valence-corrected chi connectivity index (χ0v) is 20.7. The Bertz CT molecular complexity index is 1320. The number of aliphatic hydroxyl groups is 2. The molecular formula is C27H31FN4O3. The molecule has 0 saturated carbocycles. The van der Waals surface area contributed by atoms with Crippen LogP contribution in [-0.2, 0) is 10.2 Å². The number of benzene rings is 1. The van der Waals surface area contributed by atoms with Gasteiger partial charge in [0.25, 0.3) is 0 Å². The number of fused-ring (bicyclic) bond motifs is 1. The molecule has 4 rings (SSSR count). The Labute approximate surface area is 204 Å². The van der Waals surface area contributed by atoms with Crippen LogP contribution in [0.1, 0.15) is 40.3 Å². The number of hydrogen-bond donors (Lipinski definition) is 2. The quantitative estimate of drug-likeness (QED) is 0.424. The number of pyridine rings is 1. The van der Waals surface area contributed by atoms with E-state index < -0.39 is 10.8 Å². The number of halogens is 1. The summed E-state index contributed by atoms with van der Waals surface area (Å²) in [6.07, 6.45) is 6.90. The largest absolute Gasteiger partial charge is 0.395 e. The van der Waals surface area contributed by atoms with E-state index in [4.69, 9.17) is 5.11 Å². The van der Waals surface area contributed by atoms with E-state index in [2.05, 4.69) is 15.0 Å². The molecule has 0 amide bonds. The first-order chi connectivity index (χ1) is 16.5. The number of imidazole rings is 1. The highest BCUT2D eigenvalue weighted by atomic mass is 19.1. The Morgan fingerprint density at radius 2 is 1.77 bits per heavy atom. The molecule has 0 aliphatic rings. The summed E-state index contributed by atoms with van der Waals surface area (Å²) in [5.74, 6) is 0.266. The number of aliphatic hydroxyl groups excluding tert-OH is 2. The first-order valence-corrected chi connectivity index (χ1v) is 11.3. The van der Waals surface area contributed by atoms with Gasteiger partial charge in [0.2, 0.25) is 5.78 Å². The lowest BCUT2D eigenvalue weighted by Crippen LogP contribution is -2.25. The Balaban J connectivity index is 0.000000371. The number of carbonyl (C=O) groups excluding carboxylic acids is 1. The summed E-state index contributed by atoms with van der Waals surface area (Å²) in [5.41, 5.74) is 2.63. The third kappa shape index (κ3) is 5.78. The highest BCUT2D eigenvalue weighted by Gasteiger charge is 2.23. The summed E-state index contributed by atoms with van der Waals surface area (Å²) < 4.78 is 16.2. The molecule has 184 valence electrons. The molecule has 0 atom stereocenters. The van der Waals surface area contributed by atoms with Crippen LogP contribution in [-0.4, -0.2) is 48.6 Å². The Morgan fingerprint density at radius 3 is 2.34 bits per heavy atom. The van der Waals surface area contributed by atoms with E-state index in [1.807, 2.05) is 36.6 Å². The van der Waals surface area contributed by atoms with Crippen LogP contribution in [0.3, 0.4) is 0 Å². The molecule has 35 heavy (non-hydrogen) atoms. The van der Waals surface area contributed by atoms with Crippen LogP contribution in [0.2, 0.25) is 0 Å². The highest BCUT2D eigenvalue weighted by molar-refractivity contribution is 5.81. The molecule has 0 aliphatic carbocycles. The van der Waals surface area contributed by atoms with Crippen molar-refractivity contribution in [1.29, 1.82) is 0 Å². The molecule has 4 aromatic rings. The lowest BCUT2D eigenvalue weighted by molar-refractivity contribution is -0.126. The molecule has 0 radical (unpaired) electrons. The minimum Gasteiger partial charge on any atom is -0.395 e. The molecular weight excluding hydrogens is 447 g/mol. The zero-order valence-electron chi connectivity index (χ0n) is 20.7. The summed E-state index contributed by atoms with van der Waals surface area (Å²) in [4.78, 5) is 23.6. The average Bonchev–Trinajstić information content (AvgIpc) is 3.28. The molecule has 0 unspecified atom stereocenters. The van der Waals surface area contributed by atoms with Crippen molar-refractivity contribution in [2.45, 2.75) is 40.0 Å². The second kappa shape index (κ2) is 10.4. The summed E-state index contributed by atoms with van der Waals surface area (Å²) in [7, 11) is 0. The normalized spacial score (nSPS) is 11.8. The second-order valence-electron chi connectivity index (χ2n) is 9.70. The Hall–Kier alpha value is -3.49. The van der Waals surface area contributed by atoms with Crippen molar-refractivity contribution >= 4 is 11.6 Å². The number of carbonyl (C=O) groups is 1. The molecule has 3 heterocycles. The summed E-state index contributed by atoms with van der Waals surface area (Å²) in [5, 5.41) is 18.1.